The minimum atomic E-state index is -1.51. The average Bonchev–Trinajstić information content (AvgIpc) is 3.40. The first-order chi connectivity index (χ1) is 37.6. The van der Waals surface area contributed by atoms with Gasteiger partial charge in [0.05, 0.1) is 34.4 Å². The van der Waals surface area contributed by atoms with Crippen LogP contribution in [0.3, 0.4) is 0 Å². The molecule has 0 saturated heterocycles. The molecular weight excluding hydrogens is 959 g/mol. The van der Waals surface area contributed by atoms with Crippen LogP contribution in [0.2, 0.25) is 0 Å². The Morgan fingerprint density at radius 3 is 1.10 bits per heavy atom. The van der Waals surface area contributed by atoms with Gasteiger partial charge in [0, 0.05) is 12.8 Å². The number of esters is 2. The largest absolute Gasteiger partial charge is 0.477 e. The molecular formula is C68H124NO8+. The summed E-state index contributed by atoms with van der Waals surface area (Å²) in [6, 6.07) is 0. The van der Waals surface area contributed by atoms with E-state index < -0.39 is 24.3 Å². The molecule has 0 heterocycles. The van der Waals surface area contributed by atoms with Gasteiger partial charge in [-0.2, -0.15) is 0 Å². The molecule has 1 N–H and O–H groups in total. The molecule has 0 spiro atoms. The number of carboxylic acid groups (broad SMARTS) is 1. The Morgan fingerprint density at radius 2 is 0.740 bits per heavy atom. The van der Waals surface area contributed by atoms with E-state index in [2.05, 4.69) is 74.6 Å². The fraction of sp³-hybridized carbons (Fsp3) is 0.809. The molecule has 0 fully saturated rings. The van der Waals surface area contributed by atoms with Gasteiger partial charge in [0.15, 0.2) is 6.10 Å². The van der Waals surface area contributed by atoms with Crippen LogP contribution < -0.4 is 0 Å². The zero-order chi connectivity index (χ0) is 56.2. The van der Waals surface area contributed by atoms with E-state index >= 15 is 0 Å². The second-order valence-electron chi connectivity index (χ2n) is 23.1. The van der Waals surface area contributed by atoms with Crippen LogP contribution in [0.25, 0.3) is 0 Å². The Hall–Kier alpha value is -3.01. The number of carboxylic acids is 1. The molecule has 0 aromatic carbocycles. The number of carbonyl (C=O) groups excluding carboxylic acids is 2. The summed E-state index contributed by atoms with van der Waals surface area (Å²) in [5, 5.41) is 9.73. The first-order valence-corrected chi connectivity index (χ1v) is 32.5. The Morgan fingerprint density at radius 1 is 0.403 bits per heavy atom. The zero-order valence-corrected chi connectivity index (χ0v) is 51.1. The third-order valence-electron chi connectivity index (χ3n) is 14.3. The van der Waals surface area contributed by atoms with E-state index in [1.807, 2.05) is 21.1 Å². The lowest BCUT2D eigenvalue weighted by molar-refractivity contribution is -0.870. The number of ether oxygens (including phenoxy) is 4. The van der Waals surface area contributed by atoms with E-state index in [4.69, 9.17) is 18.9 Å². The molecule has 0 aliphatic carbocycles. The van der Waals surface area contributed by atoms with Crippen molar-refractivity contribution in [2.45, 2.75) is 309 Å². The van der Waals surface area contributed by atoms with Gasteiger partial charge in [0.25, 0.3) is 6.29 Å². The van der Waals surface area contributed by atoms with Crippen molar-refractivity contribution in [1.29, 1.82) is 0 Å². The number of quaternary nitrogens is 1. The predicted molar refractivity (Wildman–Crippen MR) is 327 cm³/mol. The molecule has 0 aromatic rings. The molecule has 0 aliphatic heterocycles. The smallest absolute Gasteiger partial charge is 0.361 e. The topological polar surface area (TPSA) is 108 Å². The van der Waals surface area contributed by atoms with E-state index in [1.165, 1.54) is 186 Å². The Bertz CT molecular complexity index is 1450. The lowest BCUT2D eigenvalue weighted by Crippen LogP contribution is -2.40. The van der Waals surface area contributed by atoms with Gasteiger partial charge in [-0.1, -0.05) is 286 Å². The molecule has 0 aromatic heterocycles. The standard InChI is InChI=1S/C68H123NO8/c1-6-8-10-12-14-16-18-20-22-24-26-28-30-32-33-35-36-38-40-42-44-46-48-50-52-54-56-58-65(70)75-62-64(63-76-68(67(72)73)74-61-60-69(3,4)5)77-66(71)59-57-55-53-51-49-47-45-43-41-39-37-34-31-29-27-25-23-21-19-17-15-13-11-9-7-2/h9,11,15,17,21,23,27,29,34,37,64,68H,6-8,10,12-14,16,18-20,22,24-26,28,30-33,35-36,38-63H2,1-5H3/p+1/b11-9-,17-15-,23-21-,29-27-,37-34-. The van der Waals surface area contributed by atoms with Crippen LogP contribution >= 0.6 is 0 Å². The minimum absolute atomic E-state index is 0.183. The first-order valence-electron chi connectivity index (χ1n) is 32.5. The van der Waals surface area contributed by atoms with Crippen LogP contribution in [0.4, 0.5) is 0 Å². The number of allylic oxidation sites excluding steroid dienone is 10. The SMILES string of the molecule is CC/C=C\C/C=C\C/C=C\C/C=C\C/C=C\CCCCCCCCCCCC(=O)OC(COC(=O)CCCCCCCCCCCCCCCCCCCCCCCCCCCCC)COC(OCC[N+](C)(C)C)C(=O)O. The summed E-state index contributed by atoms with van der Waals surface area (Å²) in [7, 11) is 5.98. The molecule has 9 heteroatoms. The Kier molecular flexibility index (Phi) is 56.8. The van der Waals surface area contributed by atoms with Crippen molar-refractivity contribution in [2.24, 2.45) is 0 Å². The van der Waals surface area contributed by atoms with Gasteiger partial charge in [0.1, 0.15) is 13.2 Å². The summed E-state index contributed by atoms with van der Waals surface area (Å²) in [5.74, 6) is -2.00. The molecule has 9 nitrogen and oxygen atoms in total. The number of hydrogen-bond donors (Lipinski definition) is 1. The number of hydrogen-bond acceptors (Lipinski definition) is 7. The Labute approximate surface area is 475 Å². The van der Waals surface area contributed by atoms with Gasteiger partial charge in [-0.05, 0) is 57.8 Å². The van der Waals surface area contributed by atoms with Crippen molar-refractivity contribution in [3.05, 3.63) is 60.8 Å². The third kappa shape index (κ3) is 60.5. The maximum absolute atomic E-state index is 12.9. The number of rotatable bonds is 60. The van der Waals surface area contributed by atoms with Crippen LogP contribution in [-0.2, 0) is 33.3 Å². The van der Waals surface area contributed by atoms with Crippen molar-refractivity contribution >= 4 is 17.9 Å². The van der Waals surface area contributed by atoms with E-state index in [0.717, 1.165) is 77.0 Å². The normalized spacial score (nSPS) is 13.1. The van der Waals surface area contributed by atoms with Crippen molar-refractivity contribution in [3.8, 4) is 0 Å². The highest BCUT2D eigenvalue weighted by molar-refractivity contribution is 5.71. The lowest BCUT2D eigenvalue weighted by atomic mass is 10.0. The highest BCUT2D eigenvalue weighted by atomic mass is 16.7. The van der Waals surface area contributed by atoms with Gasteiger partial charge in [-0.25, -0.2) is 4.79 Å². The minimum Gasteiger partial charge on any atom is -0.477 e. The quantitative estimate of drug-likeness (QED) is 0.0211. The van der Waals surface area contributed by atoms with E-state index in [0.29, 0.717) is 23.9 Å². The second kappa shape index (κ2) is 59.1. The fourth-order valence-electron chi connectivity index (χ4n) is 9.34. The average molecular weight is 1080 g/mol. The highest BCUT2D eigenvalue weighted by Gasteiger charge is 2.25. The highest BCUT2D eigenvalue weighted by Crippen LogP contribution is 2.18. The predicted octanol–water partition coefficient (Wildman–Crippen LogP) is 19.6. The molecule has 0 aliphatic rings. The molecule has 0 bridgehead atoms. The number of aliphatic carboxylic acids is 1. The van der Waals surface area contributed by atoms with Gasteiger partial charge < -0.3 is 28.5 Å². The van der Waals surface area contributed by atoms with Crippen LogP contribution in [0.1, 0.15) is 296 Å². The van der Waals surface area contributed by atoms with E-state index in [1.54, 1.807) is 0 Å². The maximum atomic E-state index is 12.9. The fourth-order valence-corrected chi connectivity index (χ4v) is 9.34. The van der Waals surface area contributed by atoms with Crippen molar-refractivity contribution < 1.29 is 42.9 Å². The summed E-state index contributed by atoms with van der Waals surface area (Å²) >= 11 is 0. The second-order valence-corrected chi connectivity index (χ2v) is 23.1. The van der Waals surface area contributed by atoms with Crippen LogP contribution in [-0.4, -0.2) is 87.4 Å². The molecule has 2 atom stereocenters. The molecule has 0 amide bonds. The number of unbranched alkanes of at least 4 members (excludes halogenated alkanes) is 35. The van der Waals surface area contributed by atoms with Crippen LogP contribution in [0.15, 0.2) is 60.8 Å². The van der Waals surface area contributed by atoms with Crippen molar-refractivity contribution in [2.75, 3.05) is 47.5 Å². The van der Waals surface area contributed by atoms with Crippen LogP contribution in [0, 0.1) is 0 Å². The first kappa shape index (κ1) is 74.0. The third-order valence-corrected chi connectivity index (χ3v) is 14.3. The summed E-state index contributed by atoms with van der Waals surface area (Å²) in [4.78, 5) is 37.5. The zero-order valence-electron chi connectivity index (χ0n) is 51.1. The number of likely N-dealkylation sites (N-methyl/N-ethyl adjacent to an activating group) is 1. The lowest BCUT2D eigenvalue weighted by Gasteiger charge is -2.25. The Balaban J connectivity index is 4.16. The van der Waals surface area contributed by atoms with E-state index in [9.17, 15) is 19.5 Å². The molecule has 448 valence electrons. The van der Waals surface area contributed by atoms with Crippen molar-refractivity contribution in [3.63, 3.8) is 0 Å². The maximum Gasteiger partial charge on any atom is 0.361 e. The summed E-state index contributed by atoms with van der Waals surface area (Å²) in [6.07, 6.45) is 73.2. The number of carbonyl (C=O) groups is 3. The van der Waals surface area contributed by atoms with Gasteiger partial charge >= 0.3 is 17.9 Å². The monoisotopic (exact) mass is 1080 g/mol. The van der Waals surface area contributed by atoms with Gasteiger partial charge in [-0.3, -0.25) is 9.59 Å². The van der Waals surface area contributed by atoms with Gasteiger partial charge in [0.2, 0.25) is 0 Å². The van der Waals surface area contributed by atoms with Crippen LogP contribution in [0.5, 0.6) is 0 Å². The summed E-state index contributed by atoms with van der Waals surface area (Å²) in [6.45, 7) is 4.80. The molecule has 0 radical (unpaired) electrons. The molecule has 77 heavy (non-hydrogen) atoms. The molecule has 2 unspecified atom stereocenters. The molecule has 0 saturated carbocycles. The number of nitrogens with zero attached hydrogens (tertiary/aromatic N) is 1. The summed E-state index contributed by atoms with van der Waals surface area (Å²) < 4.78 is 23.0. The van der Waals surface area contributed by atoms with Crippen molar-refractivity contribution in [1.82, 2.24) is 0 Å². The van der Waals surface area contributed by atoms with E-state index in [-0.39, 0.29) is 32.2 Å². The van der Waals surface area contributed by atoms with Gasteiger partial charge in [-0.15, -0.1) is 0 Å². The molecule has 0 rings (SSSR count). The summed E-state index contributed by atoms with van der Waals surface area (Å²) in [5.41, 5.74) is 0.